The minimum absolute atomic E-state index is 0.282. The molecule has 0 unspecified atom stereocenters. The number of para-hydroxylation sites is 1. The average molecular weight is 312 g/mol. The zero-order chi connectivity index (χ0) is 12.3. The van der Waals surface area contributed by atoms with Crippen LogP contribution < -0.4 is 5.32 Å². The molecule has 0 fully saturated rings. The van der Waals surface area contributed by atoms with E-state index < -0.39 is 0 Å². The van der Waals surface area contributed by atoms with Gasteiger partial charge in [-0.15, -0.1) is 0 Å². The van der Waals surface area contributed by atoms with Crippen molar-refractivity contribution in [2.75, 3.05) is 5.32 Å². The molecule has 0 aliphatic rings. The number of pyridine rings is 1. The quantitative estimate of drug-likeness (QED) is 0.918. The second kappa shape index (κ2) is 5.29. The molecule has 5 heteroatoms. The summed E-state index contributed by atoms with van der Waals surface area (Å²) >= 11 is 9.27. The third-order valence-electron chi connectivity index (χ3n) is 2.13. The highest BCUT2D eigenvalue weighted by Crippen LogP contribution is 2.23. The first-order valence-corrected chi connectivity index (χ1v) is 6.01. The molecular weight excluding hydrogens is 304 g/mol. The van der Waals surface area contributed by atoms with E-state index in [1.165, 1.54) is 12.4 Å². The Kier molecular flexibility index (Phi) is 3.76. The Morgan fingerprint density at radius 1 is 1.29 bits per heavy atom. The van der Waals surface area contributed by atoms with Crippen LogP contribution in [0.2, 0.25) is 5.02 Å². The molecule has 0 bridgehead atoms. The van der Waals surface area contributed by atoms with E-state index in [1.54, 1.807) is 12.1 Å². The van der Waals surface area contributed by atoms with Crippen molar-refractivity contribution in [3.05, 3.63) is 57.8 Å². The van der Waals surface area contributed by atoms with Gasteiger partial charge in [-0.2, -0.15) is 0 Å². The predicted molar refractivity (Wildman–Crippen MR) is 71.3 cm³/mol. The Balaban J connectivity index is 2.24. The SMILES string of the molecule is O=C(Nc1ccccc1Br)c1cnccc1Cl. The molecule has 0 aliphatic carbocycles. The lowest BCUT2D eigenvalue weighted by molar-refractivity contribution is 0.102. The summed E-state index contributed by atoms with van der Waals surface area (Å²) < 4.78 is 0.813. The maximum Gasteiger partial charge on any atom is 0.258 e. The minimum atomic E-state index is -0.282. The van der Waals surface area contributed by atoms with Crippen molar-refractivity contribution >= 4 is 39.1 Å². The molecule has 0 saturated carbocycles. The molecule has 86 valence electrons. The molecule has 0 saturated heterocycles. The van der Waals surface area contributed by atoms with E-state index in [2.05, 4.69) is 26.2 Å². The van der Waals surface area contributed by atoms with Crippen molar-refractivity contribution in [2.24, 2.45) is 0 Å². The molecule has 17 heavy (non-hydrogen) atoms. The first-order valence-electron chi connectivity index (χ1n) is 4.84. The maximum absolute atomic E-state index is 11.9. The first-order chi connectivity index (χ1) is 8.18. The van der Waals surface area contributed by atoms with E-state index in [4.69, 9.17) is 11.6 Å². The zero-order valence-electron chi connectivity index (χ0n) is 8.65. The topological polar surface area (TPSA) is 42.0 Å². The van der Waals surface area contributed by atoms with Crippen LogP contribution in [0, 0.1) is 0 Å². The number of aromatic nitrogens is 1. The summed E-state index contributed by atoms with van der Waals surface area (Å²) in [5.74, 6) is -0.282. The molecule has 0 spiro atoms. The number of nitrogens with zero attached hydrogens (tertiary/aromatic N) is 1. The molecule has 0 atom stereocenters. The Morgan fingerprint density at radius 2 is 2.06 bits per heavy atom. The van der Waals surface area contributed by atoms with Crippen molar-refractivity contribution in [3.63, 3.8) is 0 Å². The summed E-state index contributed by atoms with van der Waals surface area (Å²) in [6.45, 7) is 0. The first kappa shape index (κ1) is 12.1. The third kappa shape index (κ3) is 2.84. The lowest BCUT2D eigenvalue weighted by atomic mass is 10.2. The van der Waals surface area contributed by atoms with Gasteiger partial charge in [0.1, 0.15) is 0 Å². The van der Waals surface area contributed by atoms with Crippen LogP contribution in [0.5, 0.6) is 0 Å². The third-order valence-corrected chi connectivity index (χ3v) is 3.16. The van der Waals surface area contributed by atoms with Crippen molar-refractivity contribution < 1.29 is 4.79 Å². The van der Waals surface area contributed by atoms with Gasteiger partial charge in [0.25, 0.3) is 5.91 Å². The Labute approximate surface area is 112 Å². The van der Waals surface area contributed by atoms with Gasteiger partial charge < -0.3 is 5.32 Å². The molecule has 1 heterocycles. The second-order valence-corrected chi connectivity index (χ2v) is 4.55. The molecule has 1 aromatic carbocycles. The molecule has 1 N–H and O–H groups in total. The molecule has 1 aromatic heterocycles. The van der Waals surface area contributed by atoms with Crippen LogP contribution in [0.4, 0.5) is 5.69 Å². The standard InChI is InChI=1S/C12H8BrClN2O/c13-9-3-1-2-4-11(9)16-12(17)8-7-15-6-5-10(8)14/h1-7H,(H,16,17). The van der Waals surface area contributed by atoms with Crippen LogP contribution in [0.15, 0.2) is 47.2 Å². The maximum atomic E-state index is 11.9. The molecular formula is C12H8BrClN2O. The molecule has 3 nitrogen and oxygen atoms in total. The number of halogens is 2. The van der Waals surface area contributed by atoms with Crippen molar-refractivity contribution in [1.29, 1.82) is 0 Å². The van der Waals surface area contributed by atoms with E-state index in [1.807, 2.05) is 18.2 Å². The Morgan fingerprint density at radius 3 is 2.76 bits per heavy atom. The number of hydrogen-bond donors (Lipinski definition) is 1. The smallest absolute Gasteiger partial charge is 0.258 e. The van der Waals surface area contributed by atoms with Gasteiger partial charge in [-0.1, -0.05) is 23.7 Å². The highest BCUT2D eigenvalue weighted by Gasteiger charge is 2.11. The van der Waals surface area contributed by atoms with Crippen LogP contribution in [0.25, 0.3) is 0 Å². The Hall–Kier alpha value is -1.39. The van der Waals surface area contributed by atoms with E-state index in [9.17, 15) is 4.79 Å². The number of hydrogen-bond acceptors (Lipinski definition) is 2. The largest absolute Gasteiger partial charge is 0.321 e. The van der Waals surface area contributed by atoms with E-state index >= 15 is 0 Å². The molecule has 2 rings (SSSR count). The van der Waals surface area contributed by atoms with Gasteiger partial charge in [0, 0.05) is 16.9 Å². The van der Waals surface area contributed by atoms with Crippen LogP contribution in [-0.2, 0) is 0 Å². The highest BCUT2D eigenvalue weighted by molar-refractivity contribution is 9.10. The van der Waals surface area contributed by atoms with Gasteiger partial charge >= 0.3 is 0 Å². The molecule has 1 amide bonds. The highest BCUT2D eigenvalue weighted by atomic mass is 79.9. The van der Waals surface area contributed by atoms with Crippen LogP contribution in [-0.4, -0.2) is 10.9 Å². The summed E-state index contributed by atoms with van der Waals surface area (Å²) in [5, 5.41) is 3.14. The second-order valence-electron chi connectivity index (χ2n) is 3.29. The predicted octanol–water partition coefficient (Wildman–Crippen LogP) is 3.75. The molecule has 2 aromatic rings. The van der Waals surface area contributed by atoms with Crippen LogP contribution in [0.1, 0.15) is 10.4 Å². The van der Waals surface area contributed by atoms with Gasteiger partial charge in [0.2, 0.25) is 0 Å². The van der Waals surface area contributed by atoms with Gasteiger partial charge in [0.05, 0.1) is 16.3 Å². The van der Waals surface area contributed by atoms with Crippen molar-refractivity contribution in [1.82, 2.24) is 4.98 Å². The van der Waals surface area contributed by atoms with Gasteiger partial charge in [-0.05, 0) is 34.1 Å². The number of amides is 1. The molecule has 0 radical (unpaired) electrons. The van der Waals surface area contributed by atoms with E-state index in [-0.39, 0.29) is 5.91 Å². The normalized spacial score (nSPS) is 10.0. The van der Waals surface area contributed by atoms with Crippen LogP contribution in [0.3, 0.4) is 0 Å². The zero-order valence-corrected chi connectivity index (χ0v) is 11.0. The monoisotopic (exact) mass is 310 g/mol. The summed E-state index contributed by atoms with van der Waals surface area (Å²) in [6, 6.07) is 8.94. The number of rotatable bonds is 2. The lowest BCUT2D eigenvalue weighted by Crippen LogP contribution is -2.13. The van der Waals surface area contributed by atoms with Crippen molar-refractivity contribution in [2.45, 2.75) is 0 Å². The summed E-state index contributed by atoms with van der Waals surface area (Å²) in [7, 11) is 0. The van der Waals surface area contributed by atoms with Gasteiger partial charge in [-0.25, -0.2) is 0 Å². The van der Waals surface area contributed by atoms with Crippen molar-refractivity contribution in [3.8, 4) is 0 Å². The fourth-order valence-electron chi connectivity index (χ4n) is 1.30. The summed E-state index contributed by atoms with van der Waals surface area (Å²) in [4.78, 5) is 15.8. The summed E-state index contributed by atoms with van der Waals surface area (Å²) in [6.07, 6.45) is 2.98. The number of carbonyl (C=O) groups excluding carboxylic acids is 1. The van der Waals surface area contributed by atoms with Gasteiger partial charge in [-0.3, -0.25) is 9.78 Å². The van der Waals surface area contributed by atoms with Crippen LogP contribution >= 0.6 is 27.5 Å². The fourth-order valence-corrected chi connectivity index (χ4v) is 1.87. The van der Waals surface area contributed by atoms with Gasteiger partial charge in [0.15, 0.2) is 0 Å². The summed E-state index contributed by atoms with van der Waals surface area (Å²) in [5.41, 5.74) is 1.04. The minimum Gasteiger partial charge on any atom is -0.321 e. The number of anilines is 1. The molecule has 0 aliphatic heterocycles. The van der Waals surface area contributed by atoms with E-state index in [0.717, 1.165) is 4.47 Å². The number of nitrogens with one attached hydrogen (secondary N) is 1. The van der Waals surface area contributed by atoms with E-state index in [0.29, 0.717) is 16.3 Å². The Bertz CT molecular complexity index is 560. The number of carbonyl (C=O) groups is 1. The number of benzene rings is 1. The lowest BCUT2D eigenvalue weighted by Gasteiger charge is -2.07. The fraction of sp³-hybridized carbons (Fsp3) is 0. The average Bonchev–Trinajstić information content (AvgIpc) is 2.32.